The quantitative estimate of drug-likeness (QED) is 0.434. The van der Waals surface area contributed by atoms with Crippen molar-refractivity contribution in [2.75, 3.05) is 19.3 Å². The summed E-state index contributed by atoms with van der Waals surface area (Å²) in [5, 5.41) is 0. The third kappa shape index (κ3) is 6.27. The van der Waals surface area contributed by atoms with Gasteiger partial charge in [0, 0.05) is 0 Å². The molecule has 0 atom stereocenters. The Bertz CT molecular complexity index is 225. The third-order valence-corrected chi connectivity index (χ3v) is 10.0. The Labute approximate surface area is 122 Å². The van der Waals surface area contributed by atoms with E-state index in [9.17, 15) is 0 Å². The summed E-state index contributed by atoms with van der Waals surface area (Å²) < 4.78 is 0. The highest BCUT2D eigenvalue weighted by Gasteiger charge is 2.31. The van der Waals surface area contributed by atoms with E-state index in [2.05, 4.69) is 31.4 Å². The Morgan fingerprint density at radius 3 is 1.95 bits per heavy atom. The minimum absolute atomic E-state index is 1.11. The molecule has 0 radical (unpaired) electrons. The first-order valence-electron chi connectivity index (χ1n) is 8.59. The zero-order valence-electron chi connectivity index (χ0n) is 13.4. The lowest BCUT2D eigenvalue weighted by atomic mass is 10.1. The Kier molecular flexibility index (Phi) is 8.72. The summed E-state index contributed by atoms with van der Waals surface area (Å²) >= 11 is 0. The first-order valence-corrected chi connectivity index (χ1v) is 11.4. The Hall–Kier alpha value is -0.0831. The van der Waals surface area contributed by atoms with Gasteiger partial charge in [0.05, 0.1) is 8.07 Å². The summed E-state index contributed by atoms with van der Waals surface area (Å²) in [6.45, 7) is 11.5. The first-order chi connectivity index (χ1) is 9.26. The van der Waals surface area contributed by atoms with Gasteiger partial charge < -0.3 is 4.90 Å². The van der Waals surface area contributed by atoms with Crippen LogP contribution in [0.5, 0.6) is 0 Å². The second kappa shape index (κ2) is 9.76. The second-order valence-corrected chi connectivity index (χ2v) is 11.3. The van der Waals surface area contributed by atoms with Crippen LogP contribution in [0, 0.1) is 0 Å². The highest BCUT2D eigenvalue weighted by molar-refractivity contribution is 6.80. The summed E-state index contributed by atoms with van der Waals surface area (Å²) in [6.07, 6.45) is 13.6. The molecule has 1 saturated heterocycles. The van der Waals surface area contributed by atoms with Gasteiger partial charge in [0.15, 0.2) is 0 Å². The van der Waals surface area contributed by atoms with Crippen molar-refractivity contribution in [3.05, 3.63) is 12.7 Å². The van der Waals surface area contributed by atoms with Crippen LogP contribution < -0.4 is 0 Å². The maximum atomic E-state index is 4.05. The van der Waals surface area contributed by atoms with E-state index in [0.29, 0.717) is 0 Å². The van der Waals surface area contributed by atoms with Crippen molar-refractivity contribution in [2.45, 2.75) is 76.9 Å². The molecular weight excluding hydrogens is 246 g/mol. The predicted molar refractivity (Wildman–Crippen MR) is 90.5 cm³/mol. The zero-order chi connectivity index (χ0) is 14.0. The van der Waals surface area contributed by atoms with E-state index in [-0.39, 0.29) is 0 Å². The standard InChI is InChI=1S/C17H35NSi/c1-4-14-19(15-5-2,16-6-3)17-18-12-10-8-7-9-11-13-18/h4H,1,5-17H2,2-3H3. The molecule has 1 heterocycles. The number of hydrogen-bond acceptors (Lipinski definition) is 1. The monoisotopic (exact) mass is 281 g/mol. The summed E-state index contributed by atoms with van der Waals surface area (Å²) in [4.78, 5) is 2.82. The largest absolute Gasteiger partial charge is 0.306 e. The average Bonchev–Trinajstić information content (AvgIpc) is 2.33. The number of hydrogen-bond donors (Lipinski definition) is 0. The third-order valence-electron chi connectivity index (χ3n) is 4.65. The van der Waals surface area contributed by atoms with Crippen molar-refractivity contribution in [3.8, 4) is 0 Å². The highest BCUT2D eigenvalue weighted by Crippen LogP contribution is 2.27. The topological polar surface area (TPSA) is 3.24 Å². The molecule has 0 N–H and O–H groups in total. The lowest BCUT2D eigenvalue weighted by Gasteiger charge is -2.37. The van der Waals surface area contributed by atoms with Gasteiger partial charge in [0.1, 0.15) is 0 Å². The molecule has 19 heavy (non-hydrogen) atoms. The number of nitrogens with zero attached hydrogens (tertiary/aromatic N) is 1. The van der Waals surface area contributed by atoms with Crippen LogP contribution in [0.15, 0.2) is 12.7 Å². The van der Waals surface area contributed by atoms with E-state index in [4.69, 9.17) is 0 Å². The van der Waals surface area contributed by atoms with Gasteiger partial charge >= 0.3 is 0 Å². The van der Waals surface area contributed by atoms with E-state index in [1.807, 2.05) is 0 Å². The van der Waals surface area contributed by atoms with E-state index < -0.39 is 8.07 Å². The van der Waals surface area contributed by atoms with E-state index in [1.165, 1.54) is 82.3 Å². The van der Waals surface area contributed by atoms with Crippen molar-refractivity contribution in [1.29, 1.82) is 0 Å². The fourth-order valence-corrected chi connectivity index (χ4v) is 8.97. The SMILES string of the molecule is C=CC[Si](CCC)(CCC)CN1CCCCCCC1. The molecule has 2 heteroatoms. The number of likely N-dealkylation sites (tertiary alicyclic amines) is 1. The number of rotatable bonds is 8. The molecule has 0 aliphatic carbocycles. The molecule has 112 valence electrons. The molecule has 0 saturated carbocycles. The van der Waals surface area contributed by atoms with Gasteiger partial charge in [-0.1, -0.05) is 64.1 Å². The van der Waals surface area contributed by atoms with E-state index in [0.717, 1.165) is 0 Å². The van der Waals surface area contributed by atoms with Gasteiger partial charge in [0.2, 0.25) is 0 Å². The van der Waals surface area contributed by atoms with Crippen LogP contribution in [0.25, 0.3) is 0 Å². The molecule has 1 aliphatic rings. The summed E-state index contributed by atoms with van der Waals surface area (Å²) in [6, 6.07) is 4.35. The van der Waals surface area contributed by atoms with Gasteiger partial charge in [-0.15, -0.1) is 6.58 Å². The summed E-state index contributed by atoms with van der Waals surface area (Å²) in [5.41, 5.74) is 0. The fourth-order valence-electron chi connectivity index (χ4n) is 3.86. The highest BCUT2D eigenvalue weighted by atomic mass is 28.3. The predicted octanol–water partition coefficient (Wildman–Crippen LogP) is 5.25. The number of allylic oxidation sites excluding steroid dienone is 1. The Morgan fingerprint density at radius 2 is 1.47 bits per heavy atom. The molecule has 0 bridgehead atoms. The van der Waals surface area contributed by atoms with Gasteiger partial charge in [-0.25, -0.2) is 0 Å². The van der Waals surface area contributed by atoms with Crippen LogP contribution in [0.4, 0.5) is 0 Å². The molecule has 0 unspecified atom stereocenters. The van der Waals surface area contributed by atoms with Crippen LogP contribution in [-0.4, -0.2) is 32.2 Å². The lowest BCUT2D eigenvalue weighted by Crippen LogP contribution is -2.47. The van der Waals surface area contributed by atoms with E-state index in [1.54, 1.807) is 0 Å². The molecule has 0 spiro atoms. The maximum absolute atomic E-state index is 4.05. The smallest absolute Gasteiger partial charge is 0.0727 e. The average molecular weight is 282 g/mol. The van der Waals surface area contributed by atoms with Crippen molar-refractivity contribution in [3.63, 3.8) is 0 Å². The minimum atomic E-state index is -1.11. The van der Waals surface area contributed by atoms with Crippen LogP contribution in [0.2, 0.25) is 18.1 Å². The second-order valence-electron chi connectivity index (χ2n) is 6.54. The molecule has 1 nitrogen and oxygen atoms in total. The molecule has 0 aromatic heterocycles. The van der Waals surface area contributed by atoms with Crippen molar-refractivity contribution in [2.24, 2.45) is 0 Å². The van der Waals surface area contributed by atoms with Crippen LogP contribution >= 0.6 is 0 Å². The Morgan fingerprint density at radius 1 is 0.947 bits per heavy atom. The van der Waals surface area contributed by atoms with Crippen molar-refractivity contribution >= 4 is 8.07 Å². The van der Waals surface area contributed by atoms with Gasteiger partial charge in [-0.3, -0.25) is 0 Å². The first kappa shape index (κ1) is 17.0. The van der Waals surface area contributed by atoms with E-state index >= 15 is 0 Å². The van der Waals surface area contributed by atoms with Crippen LogP contribution in [0.1, 0.15) is 58.8 Å². The zero-order valence-corrected chi connectivity index (χ0v) is 14.4. The maximum Gasteiger partial charge on any atom is 0.0727 e. The van der Waals surface area contributed by atoms with Crippen molar-refractivity contribution in [1.82, 2.24) is 4.90 Å². The van der Waals surface area contributed by atoms with Crippen LogP contribution in [0.3, 0.4) is 0 Å². The normalized spacial score (nSPS) is 18.8. The molecule has 0 aromatic rings. The van der Waals surface area contributed by atoms with Gasteiger partial charge in [-0.05, 0) is 38.1 Å². The van der Waals surface area contributed by atoms with Gasteiger partial charge in [0.25, 0.3) is 0 Å². The molecular formula is C17H35NSi. The molecule has 1 rings (SSSR count). The molecule has 0 aromatic carbocycles. The Balaban J connectivity index is 2.63. The van der Waals surface area contributed by atoms with Crippen molar-refractivity contribution < 1.29 is 0 Å². The van der Waals surface area contributed by atoms with Crippen LogP contribution in [-0.2, 0) is 0 Å². The molecule has 1 fully saturated rings. The molecule has 0 amide bonds. The molecule has 1 aliphatic heterocycles. The summed E-state index contributed by atoms with van der Waals surface area (Å²) in [5.74, 6) is 0. The lowest BCUT2D eigenvalue weighted by molar-refractivity contribution is 0.278. The summed E-state index contributed by atoms with van der Waals surface area (Å²) in [7, 11) is -1.11. The minimum Gasteiger partial charge on any atom is -0.306 e. The fraction of sp³-hybridized carbons (Fsp3) is 0.882. The van der Waals surface area contributed by atoms with Gasteiger partial charge in [-0.2, -0.15) is 0 Å².